The number of alkyl halides is 3. The van der Waals surface area contributed by atoms with E-state index in [2.05, 4.69) is 20.0 Å². The van der Waals surface area contributed by atoms with E-state index in [1.165, 1.54) is 14.0 Å². The van der Waals surface area contributed by atoms with Crippen molar-refractivity contribution >= 4 is 56.5 Å². The third kappa shape index (κ3) is 8.50. The Bertz CT molecular complexity index is 2150. The van der Waals surface area contributed by atoms with Crippen LogP contribution in [0.15, 0.2) is 30.4 Å². The number of ether oxygens (including phenoxy) is 2. The molecule has 4 aliphatic rings. The molecule has 2 aliphatic heterocycles. The number of amides is 4. The van der Waals surface area contributed by atoms with Crippen LogP contribution in [0.3, 0.4) is 0 Å². The first-order chi connectivity index (χ1) is 27.5. The normalized spacial score (nSPS) is 29.2. The second-order valence-electron chi connectivity index (χ2n) is 17.0. The number of carbonyl (C=O) groups is 4. The van der Waals surface area contributed by atoms with Gasteiger partial charge in [0, 0.05) is 18.4 Å². The molecule has 0 spiro atoms. The van der Waals surface area contributed by atoms with Gasteiger partial charge >= 0.3 is 12.3 Å². The van der Waals surface area contributed by atoms with Crippen LogP contribution in [0.4, 0.5) is 18.0 Å². The van der Waals surface area contributed by atoms with Gasteiger partial charge in [-0.1, -0.05) is 44.0 Å². The van der Waals surface area contributed by atoms with Crippen LogP contribution in [0.25, 0.3) is 11.0 Å². The molecule has 4 amide bonds. The third-order valence-electron chi connectivity index (χ3n) is 12.4. The molecule has 2 aliphatic carbocycles. The molecule has 6 rings (SSSR count). The molecular weight excluding hydrogens is 821 g/mol. The summed E-state index contributed by atoms with van der Waals surface area (Å²) in [7, 11) is -2.68. The van der Waals surface area contributed by atoms with Crippen LogP contribution >= 0.6 is 11.6 Å². The van der Waals surface area contributed by atoms with Crippen molar-refractivity contribution in [3.05, 3.63) is 35.5 Å². The van der Waals surface area contributed by atoms with Crippen LogP contribution in [-0.2, 0) is 24.4 Å². The van der Waals surface area contributed by atoms with Crippen LogP contribution in [0.1, 0.15) is 86.0 Å². The summed E-state index contributed by atoms with van der Waals surface area (Å²) in [5.41, 5.74) is -4.08. The van der Waals surface area contributed by atoms with Crippen molar-refractivity contribution in [2.45, 2.75) is 126 Å². The minimum Gasteiger partial charge on any atom is -0.497 e. The molecule has 3 heterocycles. The lowest BCUT2D eigenvalue weighted by Gasteiger charge is -2.46. The number of hydrogen-bond acceptors (Lipinski definition) is 10. The van der Waals surface area contributed by atoms with Gasteiger partial charge in [0.05, 0.1) is 29.4 Å². The van der Waals surface area contributed by atoms with E-state index in [1.807, 2.05) is 6.92 Å². The van der Waals surface area contributed by atoms with Gasteiger partial charge in [0.25, 0.3) is 11.8 Å². The molecule has 2 saturated carbocycles. The van der Waals surface area contributed by atoms with Crippen LogP contribution in [0.2, 0.25) is 5.15 Å². The fourth-order valence-electron chi connectivity index (χ4n) is 8.13. The topological polar surface area (TPSA) is 197 Å². The van der Waals surface area contributed by atoms with Crippen LogP contribution in [0.5, 0.6) is 11.6 Å². The number of benzene rings is 1. The zero-order valence-electron chi connectivity index (χ0n) is 33.6. The van der Waals surface area contributed by atoms with Gasteiger partial charge in [0.15, 0.2) is 5.15 Å². The highest BCUT2D eigenvalue weighted by Gasteiger charge is 2.64. The first-order valence-corrected chi connectivity index (χ1v) is 21.5. The van der Waals surface area contributed by atoms with E-state index in [0.717, 1.165) is 4.90 Å². The summed E-state index contributed by atoms with van der Waals surface area (Å²) in [6, 6.07) is 1.40. The molecular formula is C39H50ClF3N6O9S. The van der Waals surface area contributed by atoms with Gasteiger partial charge < -0.3 is 24.8 Å². The number of carboxylic acid groups (broad SMARTS) is 1. The third-order valence-corrected chi connectivity index (χ3v) is 14.8. The lowest BCUT2D eigenvalue weighted by Crippen LogP contribution is -2.66. The Hall–Kier alpha value is -4.39. The number of fused-ring (bicyclic) bond motifs is 3. The van der Waals surface area contributed by atoms with E-state index in [9.17, 15) is 41.1 Å². The quantitative estimate of drug-likeness (QED) is 0.265. The lowest BCUT2D eigenvalue weighted by molar-refractivity contribution is -0.222. The first-order valence-electron chi connectivity index (χ1n) is 19.6. The van der Waals surface area contributed by atoms with Crippen LogP contribution in [-0.4, -0.2) is 111 Å². The zero-order chi connectivity index (χ0) is 43.5. The van der Waals surface area contributed by atoms with Crippen LogP contribution < -0.4 is 19.5 Å². The van der Waals surface area contributed by atoms with E-state index in [4.69, 9.17) is 21.1 Å². The van der Waals surface area contributed by atoms with Crippen molar-refractivity contribution in [1.29, 1.82) is 0 Å². The number of halogens is 4. The minimum atomic E-state index is -5.11. The predicted molar refractivity (Wildman–Crippen MR) is 209 cm³/mol. The molecule has 1 aromatic heterocycles. The standard InChI is InChI=1S/C39H50ClF3N6O9S/c1-7-22-16-21(2)10-8-9-11-23-19-38(23,34(52)47-59(55,56)37(5)14-15-37)46-31(50)28-18-25(58-32-30(40)44-26-13-12-24(57-6)17-27(26)45-32)20-48(28)33(51)29(22)49(35(53)54)36(3,4)39(41,42)43/h9,11-13,17,21-23,25,28-29H,7-8,10,14-16,18-20H2,1-6H3,(H,46,50)(H,47,52)(H,53,54)/b11-9-/t21-,22-,23-,25-,28+,29+,38-/m1/s1. The highest BCUT2D eigenvalue weighted by atomic mass is 35.5. The monoisotopic (exact) mass is 870 g/mol. The molecule has 1 aromatic carbocycles. The van der Waals surface area contributed by atoms with Gasteiger partial charge in [-0.15, -0.1) is 0 Å². The van der Waals surface area contributed by atoms with Crippen molar-refractivity contribution in [1.82, 2.24) is 29.8 Å². The van der Waals surface area contributed by atoms with Gasteiger partial charge in [-0.2, -0.15) is 13.2 Å². The Kier molecular flexibility index (Phi) is 11.9. The molecule has 59 heavy (non-hydrogen) atoms. The molecule has 1 saturated heterocycles. The van der Waals surface area contributed by atoms with E-state index in [1.54, 1.807) is 37.3 Å². The van der Waals surface area contributed by atoms with Gasteiger partial charge in [0.1, 0.15) is 35.0 Å². The number of nitrogens with zero attached hydrogens (tertiary/aromatic N) is 4. The average molecular weight is 871 g/mol. The fourth-order valence-corrected chi connectivity index (χ4v) is 9.62. The molecule has 3 N–H and O–H groups in total. The summed E-state index contributed by atoms with van der Waals surface area (Å²) in [5, 5.41) is 13.1. The van der Waals surface area contributed by atoms with Crippen molar-refractivity contribution < 1.29 is 55.3 Å². The Morgan fingerprint density at radius 1 is 1.15 bits per heavy atom. The molecule has 0 radical (unpaired) electrons. The number of hydrogen-bond donors (Lipinski definition) is 3. The Labute approximate surface area is 345 Å². The number of rotatable bonds is 9. The molecule has 3 fully saturated rings. The summed E-state index contributed by atoms with van der Waals surface area (Å²) < 4.78 is 83.2. The smallest absolute Gasteiger partial charge is 0.411 e. The number of sulfonamides is 1. The van der Waals surface area contributed by atoms with Gasteiger partial charge in [0.2, 0.25) is 21.8 Å². The Balaban J connectivity index is 1.44. The second-order valence-corrected chi connectivity index (χ2v) is 19.5. The summed E-state index contributed by atoms with van der Waals surface area (Å²) in [6.45, 7) is 5.96. The highest BCUT2D eigenvalue weighted by molar-refractivity contribution is 7.91. The van der Waals surface area contributed by atoms with E-state index in [-0.39, 0.29) is 47.5 Å². The number of nitrogens with one attached hydrogen (secondary N) is 2. The maximum atomic E-state index is 15.1. The Morgan fingerprint density at radius 3 is 2.46 bits per heavy atom. The number of allylic oxidation sites excluding steroid dienone is 1. The van der Waals surface area contributed by atoms with E-state index >= 15 is 4.79 Å². The summed E-state index contributed by atoms with van der Waals surface area (Å²) in [5.74, 6) is -4.44. The zero-order valence-corrected chi connectivity index (χ0v) is 35.2. The number of aromatic nitrogens is 2. The molecule has 7 atom stereocenters. The van der Waals surface area contributed by atoms with Crippen molar-refractivity contribution in [2.75, 3.05) is 13.7 Å². The number of carbonyl (C=O) groups excluding carboxylic acids is 3. The minimum absolute atomic E-state index is 0.0301. The second kappa shape index (κ2) is 15.9. The van der Waals surface area contributed by atoms with Crippen LogP contribution in [0, 0.1) is 17.8 Å². The van der Waals surface area contributed by atoms with Crippen molar-refractivity contribution in [3.63, 3.8) is 0 Å². The lowest BCUT2D eigenvalue weighted by atomic mass is 9.82. The first kappa shape index (κ1) is 44.2. The van der Waals surface area contributed by atoms with Gasteiger partial charge in [-0.25, -0.2) is 23.2 Å². The Morgan fingerprint density at radius 2 is 1.85 bits per heavy atom. The van der Waals surface area contributed by atoms with E-state index in [0.29, 0.717) is 56.3 Å². The maximum absolute atomic E-state index is 15.1. The molecule has 2 aromatic rings. The largest absolute Gasteiger partial charge is 0.497 e. The molecule has 0 bridgehead atoms. The van der Waals surface area contributed by atoms with Gasteiger partial charge in [-0.05, 0) is 83.3 Å². The summed E-state index contributed by atoms with van der Waals surface area (Å²) >= 11 is 6.48. The molecule has 20 heteroatoms. The van der Waals surface area contributed by atoms with E-state index < -0.39 is 92.4 Å². The predicted octanol–water partition coefficient (Wildman–Crippen LogP) is 5.61. The van der Waals surface area contributed by atoms with Crippen molar-refractivity contribution in [2.24, 2.45) is 17.8 Å². The summed E-state index contributed by atoms with van der Waals surface area (Å²) in [4.78, 5) is 66.6. The average Bonchev–Trinajstić information content (AvgIpc) is 4.03. The number of methoxy groups -OCH3 is 1. The highest BCUT2D eigenvalue weighted by Crippen LogP contribution is 2.48. The summed E-state index contributed by atoms with van der Waals surface area (Å²) in [6.07, 6.45) is -3.01. The molecule has 324 valence electrons. The SMILES string of the molecule is CC[C@@H]1C[C@H](C)CC/C=C\[C@@H]2C[C@@]2(C(=O)NS(=O)(=O)C2(C)CC2)NC(=O)[C@@H]2C[C@@H](Oc3nc4cc(OC)ccc4nc3Cl)CN2C(=O)[C@H]1N(C(=O)O)C(C)(C)C(F)(F)F. The fraction of sp³-hybridized carbons (Fsp3) is 0.641. The maximum Gasteiger partial charge on any atom is 0.411 e. The van der Waals surface area contributed by atoms with Crippen molar-refractivity contribution in [3.8, 4) is 11.6 Å². The molecule has 0 unspecified atom stereocenters. The molecule has 15 nitrogen and oxygen atoms in total. The van der Waals surface area contributed by atoms with Gasteiger partial charge in [-0.3, -0.25) is 24.0 Å².